The third-order valence-electron chi connectivity index (χ3n) is 7.18. The van der Waals surface area contributed by atoms with Crippen LogP contribution in [-0.2, 0) is 18.7 Å². The fourth-order valence-electron chi connectivity index (χ4n) is 5.17. The van der Waals surface area contributed by atoms with Crippen LogP contribution < -0.4 is 15.6 Å². The standard InChI is InChI=1S/C32H31NO7Si/c1-32(2)38-22-28(39-32)30(35)31(29(34)23-18-20-24(21-19-23)33(36)37)40-41(25-12-6-3-7-13-25,26-14-8-4-9-15-26)27-16-10-5-11-17-27/h3-21,28-29,31,34H,22H2,1-2H3/t28-,29-,31+/m0/s1. The number of nitro groups is 1. The Morgan fingerprint density at radius 1 is 0.878 bits per heavy atom. The first kappa shape index (κ1) is 28.5. The molecule has 1 N–H and O–H groups in total. The lowest BCUT2D eigenvalue weighted by Crippen LogP contribution is -2.71. The van der Waals surface area contributed by atoms with Gasteiger partial charge in [-0.3, -0.25) is 14.9 Å². The molecule has 8 nitrogen and oxygen atoms in total. The summed E-state index contributed by atoms with van der Waals surface area (Å²) in [6.45, 7) is 3.45. The van der Waals surface area contributed by atoms with E-state index < -0.39 is 43.1 Å². The summed E-state index contributed by atoms with van der Waals surface area (Å²) in [6.07, 6.45) is -3.80. The van der Waals surface area contributed by atoms with Gasteiger partial charge in [0.1, 0.15) is 18.3 Å². The highest BCUT2D eigenvalue weighted by Crippen LogP contribution is 2.30. The van der Waals surface area contributed by atoms with Gasteiger partial charge in [0.25, 0.3) is 14.0 Å². The van der Waals surface area contributed by atoms with Gasteiger partial charge in [-0.25, -0.2) is 0 Å². The average molecular weight is 570 g/mol. The molecule has 1 saturated heterocycles. The summed E-state index contributed by atoms with van der Waals surface area (Å²) < 4.78 is 18.7. The number of ketones is 1. The number of non-ortho nitro benzene ring substituents is 1. The van der Waals surface area contributed by atoms with E-state index in [1.54, 1.807) is 13.8 Å². The summed E-state index contributed by atoms with van der Waals surface area (Å²) in [6, 6.07) is 34.6. The number of aliphatic hydroxyl groups is 1. The SMILES string of the molecule is CC1(C)OC[C@@H](C(=O)[C@H](O[Si](c2ccccc2)(c2ccccc2)c2ccccc2)[C@@H](O)c2ccc([N+](=O)[O-])cc2)O1. The van der Waals surface area contributed by atoms with Gasteiger partial charge in [0.15, 0.2) is 11.6 Å². The summed E-state index contributed by atoms with van der Waals surface area (Å²) in [5.74, 6) is -1.45. The van der Waals surface area contributed by atoms with Crippen LogP contribution in [0.1, 0.15) is 25.5 Å². The van der Waals surface area contributed by atoms with Crippen molar-refractivity contribution in [3.8, 4) is 0 Å². The van der Waals surface area contributed by atoms with Crippen LogP contribution in [0.3, 0.4) is 0 Å². The van der Waals surface area contributed by atoms with Crippen molar-refractivity contribution in [3.05, 3.63) is 131 Å². The Kier molecular flexibility index (Phi) is 8.25. The van der Waals surface area contributed by atoms with Gasteiger partial charge in [-0.1, -0.05) is 91.0 Å². The van der Waals surface area contributed by atoms with Gasteiger partial charge in [0.05, 0.1) is 11.5 Å². The van der Waals surface area contributed by atoms with Crippen LogP contribution in [0.5, 0.6) is 0 Å². The number of nitro benzene ring substituents is 1. The number of carbonyl (C=O) groups is 1. The highest BCUT2D eigenvalue weighted by molar-refractivity contribution is 7.07. The molecule has 0 radical (unpaired) electrons. The Balaban J connectivity index is 1.68. The molecule has 41 heavy (non-hydrogen) atoms. The van der Waals surface area contributed by atoms with Gasteiger partial charge < -0.3 is 19.0 Å². The predicted octanol–water partition coefficient (Wildman–Crippen LogP) is 3.40. The molecule has 0 aromatic heterocycles. The number of hydrogen-bond acceptors (Lipinski definition) is 7. The lowest BCUT2D eigenvalue weighted by molar-refractivity contribution is -0.384. The molecule has 1 fully saturated rings. The van der Waals surface area contributed by atoms with Crippen LogP contribution in [0.15, 0.2) is 115 Å². The number of Topliss-reactive ketones (excluding diaryl/α,β-unsaturated/α-hetero) is 1. The van der Waals surface area contributed by atoms with E-state index in [1.165, 1.54) is 24.3 Å². The van der Waals surface area contributed by atoms with Crippen molar-refractivity contribution in [1.82, 2.24) is 0 Å². The van der Waals surface area contributed by atoms with Crippen LogP contribution in [0, 0.1) is 10.1 Å². The minimum Gasteiger partial charge on any atom is -0.391 e. The Morgan fingerprint density at radius 3 is 1.73 bits per heavy atom. The largest absolute Gasteiger partial charge is 0.391 e. The highest BCUT2D eigenvalue weighted by atomic mass is 28.4. The van der Waals surface area contributed by atoms with Crippen molar-refractivity contribution in [2.75, 3.05) is 6.61 Å². The van der Waals surface area contributed by atoms with Crippen molar-refractivity contribution < 1.29 is 28.7 Å². The Morgan fingerprint density at radius 2 is 1.34 bits per heavy atom. The highest BCUT2D eigenvalue weighted by Gasteiger charge is 2.49. The molecule has 1 aliphatic rings. The van der Waals surface area contributed by atoms with Crippen molar-refractivity contribution in [2.24, 2.45) is 0 Å². The maximum absolute atomic E-state index is 14.2. The molecule has 0 saturated carbocycles. The lowest BCUT2D eigenvalue weighted by atomic mass is 9.98. The molecule has 9 heteroatoms. The van der Waals surface area contributed by atoms with E-state index in [4.69, 9.17) is 13.9 Å². The van der Waals surface area contributed by atoms with E-state index in [2.05, 4.69) is 0 Å². The maximum Gasteiger partial charge on any atom is 0.289 e. The molecule has 1 aliphatic heterocycles. The number of ether oxygens (including phenoxy) is 2. The molecule has 3 atom stereocenters. The quantitative estimate of drug-likeness (QED) is 0.135. The van der Waals surface area contributed by atoms with Gasteiger partial charge in [-0.05, 0) is 47.1 Å². The summed E-state index contributed by atoms with van der Waals surface area (Å²) in [5, 5.41) is 25.7. The second-order valence-electron chi connectivity index (χ2n) is 10.3. The zero-order valence-corrected chi connectivity index (χ0v) is 23.8. The van der Waals surface area contributed by atoms with E-state index in [9.17, 15) is 20.0 Å². The molecule has 0 unspecified atom stereocenters. The van der Waals surface area contributed by atoms with Crippen LogP contribution in [0.4, 0.5) is 5.69 Å². The molecule has 0 bridgehead atoms. The Hall–Kier alpha value is -3.99. The van der Waals surface area contributed by atoms with Crippen molar-refractivity contribution in [2.45, 2.75) is 37.9 Å². The molecule has 1 heterocycles. The normalized spacial score (nSPS) is 18.0. The zero-order chi connectivity index (χ0) is 29.0. The van der Waals surface area contributed by atoms with E-state index in [0.717, 1.165) is 15.6 Å². The topological polar surface area (TPSA) is 108 Å². The number of rotatable bonds is 10. The zero-order valence-electron chi connectivity index (χ0n) is 22.8. The predicted molar refractivity (Wildman–Crippen MR) is 157 cm³/mol. The van der Waals surface area contributed by atoms with Crippen LogP contribution in [0.25, 0.3) is 0 Å². The molecular weight excluding hydrogens is 538 g/mol. The van der Waals surface area contributed by atoms with E-state index >= 15 is 0 Å². The molecule has 4 aromatic carbocycles. The lowest BCUT2D eigenvalue weighted by Gasteiger charge is -2.38. The summed E-state index contributed by atoms with van der Waals surface area (Å²) in [5.41, 5.74) is 0.185. The first-order valence-electron chi connectivity index (χ1n) is 13.3. The van der Waals surface area contributed by atoms with Gasteiger partial charge in [-0.2, -0.15) is 0 Å². The van der Waals surface area contributed by atoms with Crippen molar-refractivity contribution >= 4 is 35.3 Å². The fourth-order valence-corrected chi connectivity index (χ4v) is 9.19. The molecule has 0 spiro atoms. The maximum atomic E-state index is 14.2. The molecule has 210 valence electrons. The molecule has 0 aliphatic carbocycles. The minimum absolute atomic E-state index is 0.00917. The van der Waals surface area contributed by atoms with Crippen LogP contribution in [0.2, 0.25) is 0 Å². The van der Waals surface area contributed by atoms with Gasteiger partial charge in [0.2, 0.25) is 0 Å². The number of nitrogens with zero attached hydrogens (tertiary/aromatic N) is 1. The number of hydrogen-bond donors (Lipinski definition) is 1. The van der Waals surface area contributed by atoms with E-state index in [1.807, 2.05) is 91.0 Å². The van der Waals surface area contributed by atoms with Crippen LogP contribution >= 0.6 is 0 Å². The molecule has 4 aromatic rings. The van der Waals surface area contributed by atoms with E-state index in [-0.39, 0.29) is 12.3 Å². The molecular formula is C32H31NO7Si. The first-order valence-corrected chi connectivity index (χ1v) is 15.2. The molecule has 5 rings (SSSR count). The van der Waals surface area contributed by atoms with E-state index in [0.29, 0.717) is 5.56 Å². The summed E-state index contributed by atoms with van der Waals surface area (Å²) in [7, 11) is -3.45. The second-order valence-corrected chi connectivity index (χ2v) is 13.7. The number of benzene rings is 4. The van der Waals surface area contributed by atoms with Gasteiger partial charge in [0, 0.05) is 12.1 Å². The van der Waals surface area contributed by atoms with Crippen molar-refractivity contribution in [3.63, 3.8) is 0 Å². The summed E-state index contributed by atoms with van der Waals surface area (Å²) >= 11 is 0. The third-order valence-corrected chi connectivity index (χ3v) is 11.2. The minimum atomic E-state index is -3.45. The fraction of sp³-hybridized carbons (Fsp3) is 0.219. The first-order chi connectivity index (χ1) is 19.7. The smallest absolute Gasteiger partial charge is 0.289 e. The third kappa shape index (κ3) is 5.90. The van der Waals surface area contributed by atoms with Gasteiger partial charge >= 0.3 is 0 Å². The summed E-state index contributed by atoms with van der Waals surface area (Å²) in [4.78, 5) is 25.0. The van der Waals surface area contributed by atoms with Crippen LogP contribution in [-0.4, -0.2) is 48.7 Å². The Labute approximate surface area is 239 Å². The second kappa shape index (κ2) is 11.9. The Bertz CT molecular complexity index is 1380. The molecule has 0 amide bonds. The number of aliphatic hydroxyl groups excluding tert-OH is 1. The monoisotopic (exact) mass is 569 g/mol. The van der Waals surface area contributed by atoms with Gasteiger partial charge in [-0.15, -0.1) is 0 Å². The number of carbonyl (C=O) groups excluding carboxylic acids is 1. The van der Waals surface area contributed by atoms with Crippen molar-refractivity contribution in [1.29, 1.82) is 0 Å². The average Bonchev–Trinajstić information content (AvgIpc) is 3.38.